The van der Waals surface area contributed by atoms with Crippen LogP contribution in [0.15, 0.2) is 0 Å². The van der Waals surface area contributed by atoms with Gasteiger partial charge in [0.05, 0.1) is 31.5 Å². The van der Waals surface area contributed by atoms with Crippen LogP contribution in [0.25, 0.3) is 0 Å². The Hall–Kier alpha value is -0.370. The molecule has 0 fully saturated rings. The van der Waals surface area contributed by atoms with Crippen LogP contribution in [0.3, 0.4) is 0 Å². The number of aliphatic hydroxyl groups is 4. The highest BCUT2D eigenvalue weighted by Crippen LogP contribution is 2.35. The molecule has 160 valence electrons. The summed E-state index contributed by atoms with van der Waals surface area (Å²) in [4.78, 5) is 0. The molecule has 0 aromatic heterocycles. The molecule has 0 aromatic rings. The number of aliphatic hydroxyl groups excluding tert-OH is 4. The van der Waals surface area contributed by atoms with Crippen LogP contribution in [0, 0.1) is 0 Å². The van der Waals surface area contributed by atoms with Gasteiger partial charge in [0, 0.05) is 11.1 Å². The Morgan fingerprint density at radius 3 is 1.00 bits per heavy atom. The molecule has 0 saturated heterocycles. The zero-order valence-corrected chi connectivity index (χ0v) is 17.0. The summed E-state index contributed by atoms with van der Waals surface area (Å²) in [6, 6.07) is 0. The van der Waals surface area contributed by atoms with Crippen LogP contribution >= 0.6 is 0 Å². The maximum atomic E-state index is 9.69. The predicted octanol–water partition coefficient (Wildman–Crippen LogP) is -1.10. The molecular formula is C15H36N2O8S. The third-order valence-electron chi connectivity index (χ3n) is 3.84. The van der Waals surface area contributed by atoms with Gasteiger partial charge in [-0.1, -0.05) is 0 Å². The fourth-order valence-corrected chi connectivity index (χ4v) is 3.09. The first-order valence-corrected chi connectivity index (χ1v) is 9.67. The van der Waals surface area contributed by atoms with Crippen LogP contribution in [0.5, 0.6) is 0 Å². The molecule has 10 nitrogen and oxygen atoms in total. The van der Waals surface area contributed by atoms with Gasteiger partial charge >= 0.3 is 10.4 Å². The highest BCUT2D eigenvalue weighted by atomic mass is 32.3. The Kier molecular flexibility index (Phi) is 12.3. The molecule has 0 aliphatic carbocycles. The lowest BCUT2D eigenvalue weighted by Crippen LogP contribution is -2.69. The zero-order chi connectivity index (χ0) is 21.3. The van der Waals surface area contributed by atoms with E-state index in [1.807, 2.05) is 0 Å². The minimum Gasteiger partial charge on any atom is -0.393 e. The Morgan fingerprint density at radius 2 is 0.923 bits per heavy atom. The fourth-order valence-electron chi connectivity index (χ4n) is 3.09. The third-order valence-corrected chi connectivity index (χ3v) is 4.26. The van der Waals surface area contributed by atoms with E-state index < -0.39 is 45.9 Å². The van der Waals surface area contributed by atoms with Crippen molar-refractivity contribution in [2.24, 2.45) is 11.5 Å². The van der Waals surface area contributed by atoms with Crippen molar-refractivity contribution in [3.63, 3.8) is 0 Å². The van der Waals surface area contributed by atoms with Crippen LogP contribution in [-0.4, -0.2) is 76.0 Å². The first-order valence-electron chi connectivity index (χ1n) is 8.31. The van der Waals surface area contributed by atoms with E-state index >= 15 is 0 Å². The van der Waals surface area contributed by atoms with Crippen molar-refractivity contribution >= 4 is 10.4 Å². The second-order valence-corrected chi connectivity index (χ2v) is 8.31. The van der Waals surface area contributed by atoms with E-state index in [0.717, 1.165) is 7.11 Å². The second-order valence-electron chi connectivity index (χ2n) is 7.12. The van der Waals surface area contributed by atoms with Crippen molar-refractivity contribution in [1.82, 2.24) is 0 Å². The first-order chi connectivity index (χ1) is 11.5. The number of nitrogens with two attached hydrogens (primary N) is 2. The Labute approximate surface area is 156 Å². The first kappa shape index (κ1) is 27.8. The summed E-state index contributed by atoms with van der Waals surface area (Å²) in [6.07, 6.45) is -2.01. The van der Waals surface area contributed by atoms with Crippen molar-refractivity contribution in [3.05, 3.63) is 0 Å². The van der Waals surface area contributed by atoms with Crippen molar-refractivity contribution in [2.75, 3.05) is 7.11 Å². The molecular weight excluding hydrogens is 368 g/mol. The third kappa shape index (κ3) is 12.1. The smallest absolute Gasteiger partial charge is 0.393 e. The van der Waals surface area contributed by atoms with Gasteiger partial charge in [-0.05, 0) is 53.4 Å². The van der Waals surface area contributed by atoms with E-state index in [1.165, 1.54) is 0 Å². The lowest BCUT2D eigenvalue weighted by molar-refractivity contribution is 0.0133. The van der Waals surface area contributed by atoms with Gasteiger partial charge in [0.2, 0.25) is 0 Å². The molecule has 0 bridgehead atoms. The van der Waals surface area contributed by atoms with Gasteiger partial charge in [0.15, 0.2) is 0 Å². The molecule has 0 saturated carbocycles. The van der Waals surface area contributed by atoms with Gasteiger partial charge in [0.25, 0.3) is 0 Å². The largest absolute Gasteiger partial charge is 0.397 e. The fraction of sp³-hybridized carbons (Fsp3) is 1.00. The van der Waals surface area contributed by atoms with Crippen molar-refractivity contribution in [1.29, 1.82) is 0 Å². The monoisotopic (exact) mass is 404 g/mol. The standard InChI is InChI=1S/C14H32N2O4.CH4O4S/c1-9(17)5-13(15,6-10(2)18)14(16,7-11(3)19)8-12(4)20;1-5-6(2,3)4/h9-12,17-20H,5-8,15-16H2,1-4H3;1H3,(H,2,3,4). The Bertz CT molecular complexity index is 432. The van der Waals surface area contributed by atoms with E-state index in [0.29, 0.717) is 0 Å². The normalized spacial score (nSPS) is 21.4. The molecule has 0 aliphatic rings. The maximum Gasteiger partial charge on any atom is 0.397 e. The van der Waals surface area contributed by atoms with Gasteiger partial charge in [0.1, 0.15) is 0 Å². The summed E-state index contributed by atoms with van der Waals surface area (Å²) < 4.78 is 29.7. The Morgan fingerprint density at radius 1 is 0.769 bits per heavy atom. The van der Waals surface area contributed by atoms with Crippen LogP contribution in [0.4, 0.5) is 0 Å². The molecule has 4 unspecified atom stereocenters. The van der Waals surface area contributed by atoms with Gasteiger partial charge < -0.3 is 31.9 Å². The number of hydrogen-bond donors (Lipinski definition) is 7. The second kappa shape index (κ2) is 11.5. The summed E-state index contributed by atoms with van der Waals surface area (Å²) in [6.45, 7) is 6.42. The molecule has 0 radical (unpaired) electrons. The highest BCUT2D eigenvalue weighted by Gasteiger charge is 2.48. The van der Waals surface area contributed by atoms with Crippen LogP contribution in [0.2, 0.25) is 0 Å². The molecule has 0 rings (SSSR count). The molecule has 0 amide bonds. The van der Waals surface area contributed by atoms with Crippen LogP contribution < -0.4 is 11.5 Å². The molecule has 11 heteroatoms. The van der Waals surface area contributed by atoms with Crippen molar-refractivity contribution < 1.29 is 37.6 Å². The number of rotatable bonds is 10. The SMILES string of the molecule is CC(O)CC(N)(CC(C)O)C(N)(CC(C)O)CC(C)O.COS(=O)(=O)O. The molecule has 9 N–H and O–H groups in total. The minimum absolute atomic E-state index is 0.188. The van der Waals surface area contributed by atoms with E-state index in [2.05, 4.69) is 4.18 Å². The lowest BCUT2D eigenvalue weighted by atomic mass is 9.66. The van der Waals surface area contributed by atoms with Gasteiger partial charge in [-0.2, -0.15) is 8.42 Å². The minimum atomic E-state index is -4.16. The van der Waals surface area contributed by atoms with Gasteiger partial charge in [-0.3, -0.25) is 8.74 Å². The average molecular weight is 405 g/mol. The van der Waals surface area contributed by atoms with E-state index in [-0.39, 0.29) is 25.7 Å². The van der Waals surface area contributed by atoms with Crippen LogP contribution in [0.1, 0.15) is 53.4 Å². The van der Waals surface area contributed by atoms with E-state index in [4.69, 9.17) is 16.0 Å². The summed E-state index contributed by atoms with van der Waals surface area (Å²) in [5.74, 6) is 0. The van der Waals surface area contributed by atoms with Gasteiger partial charge in [-0.25, -0.2) is 0 Å². The maximum absolute atomic E-state index is 9.69. The Balaban J connectivity index is 0. The molecule has 4 atom stereocenters. The van der Waals surface area contributed by atoms with E-state index in [1.54, 1.807) is 27.7 Å². The summed E-state index contributed by atoms with van der Waals surface area (Å²) in [5.41, 5.74) is 10.7. The average Bonchev–Trinajstić information content (AvgIpc) is 2.34. The lowest BCUT2D eigenvalue weighted by Gasteiger charge is -2.49. The summed E-state index contributed by atoms with van der Waals surface area (Å²) in [5, 5.41) is 38.8. The summed E-state index contributed by atoms with van der Waals surface area (Å²) in [7, 11) is -3.29. The highest BCUT2D eigenvalue weighted by molar-refractivity contribution is 7.80. The van der Waals surface area contributed by atoms with E-state index in [9.17, 15) is 28.8 Å². The molecule has 0 aromatic carbocycles. The molecule has 0 heterocycles. The quantitative estimate of drug-likeness (QED) is 0.219. The molecule has 0 aliphatic heterocycles. The molecule has 0 spiro atoms. The van der Waals surface area contributed by atoms with Crippen LogP contribution in [-0.2, 0) is 14.6 Å². The zero-order valence-electron chi connectivity index (χ0n) is 16.2. The van der Waals surface area contributed by atoms with Crippen molar-refractivity contribution in [2.45, 2.75) is 88.9 Å². The predicted molar refractivity (Wildman–Crippen MR) is 97.6 cm³/mol. The number of hydrogen-bond acceptors (Lipinski definition) is 9. The summed E-state index contributed by atoms with van der Waals surface area (Å²) >= 11 is 0. The van der Waals surface area contributed by atoms with Crippen molar-refractivity contribution in [3.8, 4) is 0 Å². The topological polar surface area (TPSA) is 197 Å². The molecule has 26 heavy (non-hydrogen) atoms. The van der Waals surface area contributed by atoms with Gasteiger partial charge in [-0.15, -0.1) is 0 Å².